The standard InChI is InChI=1S/C22H18FN5O2S/c23-18-10-4-5-11-19(18)30-14-20-26-27-22(28(20)17-8-2-1-3-9-17)31-15-21(29)25-16-7-6-12-24-13-16/h1-13H,14-15H2,(H,25,29). The fourth-order valence-corrected chi connectivity index (χ4v) is 3.56. The smallest absolute Gasteiger partial charge is 0.234 e. The molecule has 2 aromatic carbocycles. The Labute approximate surface area is 182 Å². The first-order valence-electron chi connectivity index (χ1n) is 9.40. The van der Waals surface area contributed by atoms with Gasteiger partial charge < -0.3 is 10.1 Å². The average Bonchev–Trinajstić information content (AvgIpc) is 3.21. The number of hydrogen-bond acceptors (Lipinski definition) is 6. The van der Waals surface area contributed by atoms with Crippen molar-refractivity contribution in [2.24, 2.45) is 0 Å². The van der Waals surface area contributed by atoms with Crippen LogP contribution >= 0.6 is 11.8 Å². The molecule has 0 aliphatic rings. The molecular weight excluding hydrogens is 417 g/mol. The van der Waals surface area contributed by atoms with Crippen molar-refractivity contribution in [1.82, 2.24) is 19.7 Å². The zero-order chi connectivity index (χ0) is 21.5. The number of nitrogens with one attached hydrogen (secondary N) is 1. The number of amides is 1. The third kappa shape index (κ3) is 5.26. The summed E-state index contributed by atoms with van der Waals surface area (Å²) in [5, 5.41) is 11.7. The molecule has 31 heavy (non-hydrogen) atoms. The number of carbonyl (C=O) groups excluding carboxylic acids is 1. The minimum atomic E-state index is -0.449. The van der Waals surface area contributed by atoms with E-state index >= 15 is 0 Å². The Hall–Kier alpha value is -3.72. The van der Waals surface area contributed by atoms with E-state index in [0.717, 1.165) is 5.69 Å². The molecule has 9 heteroatoms. The number of carbonyl (C=O) groups is 1. The number of para-hydroxylation sites is 2. The largest absolute Gasteiger partial charge is 0.483 e. The van der Waals surface area contributed by atoms with Gasteiger partial charge in [0.25, 0.3) is 0 Å². The van der Waals surface area contributed by atoms with Crippen LogP contribution in [-0.4, -0.2) is 31.4 Å². The third-order valence-corrected chi connectivity index (χ3v) is 5.11. The monoisotopic (exact) mass is 435 g/mol. The Kier molecular flexibility index (Phi) is 6.53. The van der Waals surface area contributed by atoms with Gasteiger partial charge in [0.05, 0.1) is 17.6 Å². The van der Waals surface area contributed by atoms with Gasteiger partial charge in [-0.05, 0) is 36.4 Å². The van der Waals surface area contributed by atoms with Gasteiger partial charge in [-0.1, -0.05) is 42.1 Å². The van der Waals surface area contributed by atoms with Gasteiger partial charge in [0.1, 0.15) is 6.61 Å². The zero-order valence-corrected chi connectivity index (χ0v) is 17.1. The Morgan fingerprint density at radius 3 is 2.61 bits per heavy atom. The maximum atomic E-state index is 13.9. The predicted molar refractivity (Wildman–Crippen MR) is 116 cm³/mol. The molecule has 1 N–H and O–H groups in total. The van der Waals surface area contributed by atoms with E-state index in [2.05, 4.69) is 20.5 Å². The Bertz CT molecular complexity index is 1160. The fourth-order valence-electron chi connectivity index (χ4n) is 2.79. The van der Waals surface area contributed by atoms with Gasteiger partial charge in [0, 0.05) is 11.9 Å². The quantitative estimate of drug-likeness (QED) is 0.420. The zero-order valence-electron chi connectivity index (χ0n) is 16.3. The van der Waals surface area contributed by atoms with Crippen LogP contribution < -0.4 is 10.1 Å². The summed E-state index contributed by atoms with van der Waals surface area (Å²) in [4.78, 5) is 16.3. The van der Waals surface area contributed by atoms with Crippen LogP contribution in [0.15, 0.2) is 84.3 Å². The third-order valence-electron chi connectivity index (χ3n) is 4.19. The first kappa shape index (κ1) is 20.5. The minimum absolute atomic E-state index is 0.0191. The van der Waals surface area contributed by atoms with Crippen molar-refractivity contribution in [2.45, 2.75) is 11.8 Å². The lowest BCUT2D eigenvalue weighted by Gasteiger charge is -2.11. The van der Waals surface area contributed by atoms with Crippen molar-refractivity contribution in [3.05, 3.63) is 90.8 Å². The van der Waals surface area contributed by atoms with Crippen LogP contribution in [0.25, 0.3) is 5.69 Å². The number of halogens is 1. The van der Waals surface area contributed by atoms with Crippen molar-refractivity contribution in [1.29, 1.82) is 0 Å². The number of aromatic nitrogens is 4. The minimum Gasteiger partial charge on any atom is -0.483 e. The summed E-state index contributed by atoms with van der Waals surface area (Å²) in [5.41, 5.74) is 1.44. The molecule has 0 spiro atoms. The molecule has 0 aliphatic heterocycles. The lowest BCUT2D eigenvalue weighted by Crippen LogP contribution is -2.15. The molecule has 2 heterocycles. The van der Waals surface area contributed by atoms with Crippen LogP contribution in [0.5, 0.6) is 5.75 Å². The molecule has 0 fully saturated rings. The molecule has 0 aliphatic carbocycles. The average molecular weight is 435 g/mol. The normalized spacial score (nSPS) is 10.6. The van der Waals surface area contributed by atoms with E-state index in [0.29, 0.717) is 16.7 Å². The van der Waals surface area contributed by atoms with E-state index < -0.39 is 5.82 Å². The number of anilines is 1. The number of rotatable bonds is 8. The number of pyridine rings is 1. The molecule has 1 amide bonds. The highest BCUT2D eigenvalue weighted by Crippen LogP contribution is 2.24. The molecule has 0 saturated carbocycles. The van der Waals surface area contributed by atoms with Crippen LogP contribution in [0, 0.1) is 5.82 Å². The number of benzene rings is 2. The summed E-state index contributed by atoms with van der Waals surface area (Å²) in [7, 11) is 0. The summed E-state index contributed by atoms with van der Waals surface area (Å²) in [6.07, 6.45) is 3.21. The molecule has 156 valence electrons. The molecule has 0 unspecified atom stereocenters. The van der Waals surface area contributed by atoms with Crippen LogP contribution in [0.2, 0.25) is 0 Å². The van der Waals surface area contributed by atoms with Crippen molar-refractivity contribution < 1.29 is 13.9 Å². The van der Waals surface area contributed by atoms with Crippen LogP contribution in [0.4, 0.5) is 10.1 Å². The van der Waals surface area contributed by atoms with E-state index in [1.165, 1.54) is 17.8 Å². The van der Waals surface area contributed by atoms with E-state index in [-0.39, 0.29) is 24.0 Å². The number of thioether (sulfide) groups is 1. The molecule has 2 aromatic heterocycles. The van der Waals surface area contributed by atoms with E-state index in [9.17, 15) is 9.18 Å². The topological polar surface area (TPSA) is 81.9 Å². The molecule has 0 saturated heterocycles. The van der Waals surface area contributed by atoms with Gasteiger partial charge in [-0.25, -0.2) is 4.39 Å². The second-order valence-corrected chi connectivity index (χ2v) is 7.31. The van der Waals surface area contributed by atoms with Gasteiger partial charge in [0.15, 0.2) is 22.5 Å². The van der Waals surface area contributed by atoms with E-state index in [4.69, 9.17) is 4.74 Å². The molecule has 0 bridgehead atoms. The molecular formula is C22H18FN5O2S. The lowest BCUT2D eigenvalue weighted by atomic mass is 10.3. The van der Waals surface area contributed by atoms with Crippen LogP contribution in [-0.2, 0) is 11.4 Å². The van der Waals surface area contributed by atoms with E-state index in [1.807, 2.05) is 30.3 Å². The highest BCUT2D eigenvalue weighted by atomic mass is 32.2. The maximum absolute atomic E-state index is 13.9. The first-order valence-corrected chi connectivity index (χ1v) is 10.4. The van der Waals surface area contributed by atoms with Crippen LogP contribution in [0.3, 0.4) is 0 Å². The lowest BCUT2D eigenvalue weighted by molar-refractivity contribution is -0.113. The Morgan fingerprint density at radius 1 is 1.03 bits per heavy atom. The second-order valence-electron chi connectivity index (χ2n) is 6.37. The van der Waals surface area contributed by atoms with Crippen LogP contribution in [0.1, 0.15) is 5.82 Å². The molecule has 7 nitrogen and oxygen atoms in total. The predicted octanol–water partition coefficient (Wildman–Crippen LogP) is 4.11. The number of nitrogens with zero attached hydrogens (tertiary/aromatic N) is 4. The molecule has 4 aromatic rings. The van der Waals surface area contributed by atoms with Crippen molar-refractivity contribution in [3.8, 4) is 11.4 Å². The van der Waals surface area contributed by atoms with Gasteiger partial charge >= 0.3 is 0 Å². The fraction of sp³-hybridized carbons (Fsp3) is 0.0909. The summed E-state index contributed by atoms with van der Waals surface area (Å²) in [5.74, 6) is 0.119. The number of ether oxygens (including phenoxy) is 1. The van der Waals surface area contributed by atoms with Crippen molar-refractivity contribution in [2.75, 3.05) is 11.1 Å². The maximum Gasteiger partial charge on any atom is 0.234 e. The van der Waals surface area contributed by atoms with Gasteiger partial charge in [-0.3, -0.25) is 14.3 Å². The van der Waals surface area contributed by atoms with Crippen molar-refractivity contribution >= 4 is 23.4 Å². The SMILES string of the molecule is O=C(CSc1nnc(COc2ccccc2F)n1-c1ccccc1)Nc1cccnc1. The Morgan fingerprint density at radius 2 is 1.84 bits per heavy atom. The van der Waals surface area contributed by atoms with Gasteiger partial charge in [-0.15, -0.1) is 10.2 Å². The van der Waals surface area contributed by atoms with E-state index in [1.54, 1.807) is 47.3 Å². The van der Waals surface area contributed by atoms with Gasteiger partial charge in [0.2, 0.25) is 5.91 Å². The first-order chi connectivity index (χ1) is 15.2. The highest BCUT2D eigenvalue weighted by molar-refractivity contribution is 7.99. The summed E-state index contributed by atoms with van der Waals surface area (Å²) < 4.78 is 21.3. The molecule has 4 rings (SSSR count). The Balaban J connectivity index is 1.51. The van der Waals surface area contributed by atoms with Crippen molar-refractivity contribution in [3.63, 3.8) is 0 Å². The summed E-state index contributed by atoms with van der Waals surface area (Å²) in [6.45, 7) is 0.0191. The molecule has 0 atom stereocenters. The van der Waals surface area contributed by atoms with Gasteiger partial charge in [-0.2, -0.15) is 0 Å². The summed E-state index contributed by atoms with van der Waals surface area (Å²) >= 11 is 1.24. The summed E-state index contributed by atoms with van der Waals surface area (Å²) in [6, 6.07) is 19.2. The second kappa shape index (κ2) is 9.86. The highest BCUT2D eigenvalue weighted by Gasteiger charge is 2.17. The number of hydrogen-bond donors (Lipinski definition) is 1. The molecule has 0 radical (unpaired) electrons.